The quantitative estimate of drug-likeness (QED) is 0.757. The Labute approximate surface area is 126 Å². The highest BCUT2D eigenvalue weighted by Gasteiger charge is 2.30. The highest BCUT2D eigenvalue weighted by molar-refractivity contribution is 7.92. The van der Waals surface area contributed by atoms with Gasteiger partial charge in [-0.2, -0.15) is 13.2 Å². The van der Waals surface area contributed by atoms with Crippen molar-refractivity contribution in [1.82, 2.24) is 10.3 Å². The molecule has 6 nitrogen and oxygen atoms in total. The Hall–Kier alpha value is -1.84. The zero-order valence-electron chi connectivity index (χ0n) is 11.9. The number of hydrogen-bond acceptors (Lipinski definition) is 5. The van der Waals surface area contributed by atoms with Gasteiger partial charge in [0.1, 0.15) is 11.1 Å². The monoisotopic (exact) mass is 339 g/mol. The highest BCUT2D eigenvalue weighted by atomic mass is 32.2. The molecule has 1 heterocycles. The molecular weight excluding hydrogens is 323 g/mol. The van der Waals surface area contributed by atoms with Crippen molar-refractivity contribution in [2.75, 3.05) is 24.7 Å². The number of rotatable bonds is 6. The van der Waals surface area contributed by atoms with Crippen LogP contribution in [0.4, 0.5) is 19.0 Å². The molecular formula is C12H16F3N3O3S. The van der Waals surface area contributed by atoms with Crippen molar-refractivity contribution in [2.45, 2.75) is 18.3 Å². The summed E-state index contributed by atoms with van der Waals surface area (Å²) in [5, 5.41) is 3.96. The summed E-state index contributed by atoms with van der Waals surface area (Å²) in [7, 11) is -3.46. The molecule has 0 spiro atoms. The lowest BCUT2D eigenvalue weighted by molar-refractivity contribution is -0.137. The highest BCUT2D eigenvalue weighted by Crippen LogP contribution is 2.28. The van der Waals surface area contributed by atoms with Crippen LogP contribution in [0.1, 0.15) is 12.5 Å². The molecule has 1 aromatic heterocycles. The van der Waals surface area contributed by atoms with E-state index in [9.17, 15) is 26.4 Å². The third kappa shape index (κ3) is 5.51. The summed E-state index contributed by atoms with van der Waals surface area (Å²) in [6.07, 6.45) is -2.78. The van der Waals surface area contributed by atoms with Crippen LogP contribution < -0.4 is 10.6 Å². The number of amides is 1. The van der Waals surface area contributed by atoms with E-state index >= 15 is 0 Å². The Morgan fingerprint density at radius 2 is 1.95 bits per heavy atom. The van der Waals surface area contributed by atoms with E-state index in [4.69, 9.17) is 0 Å². The molecule has 2 N–H and O–H groups in total. The van der Waals surface area contributed by atoms with Gasteiger partial charge < -0.3 is 10.6 Å². The normalized spacial score (nSPS) is 13.5. The van der Waals surface area contributed by atoms with Crippen molar-refractivity contribution in [1.29, 1.82) is 0 Å². The molecule has 0 fully saturated rings. The van der Waals surface area contributed by atoms with Gasteiger partial charge in [0.25, 0.3) is 0 Å². The Morgan fingerprint density at radius 3 is 2.41 bits per heavy atom. The van der Waals surface area contributed by atoms with E-state index in [1.54, 1.807) is 0 Å². The zero-order valence-corrected chi connectivity index (χ0v) is 12.8. The average Bonchev–Trinajstić information content (AvgIpc) is 2.41. The number of nitrogens with zero attached hydrogens (tertiary/aromatic N) is 1. The van der Waals surface area contributed by atoms with E-state index in [0.717, 1.165) is 12.3 Å². The summed E-state index contributed by atoms with van der Waals surface area (Å²) in [6.45, 7) is 1.58. The second kappa shape index (κ2) is 6.95. The minimum Gasteiger partial charge on any atom is -0.368 e. The van der Waals surface area contributed by atoms with Crippen molar-refractivity contribution in [2.24, 2.45) is 0 Å². The number of pyridine rings is 1. The van der Waals surface area contributed by atoms with Crippen LogP contribution in [0.15, 0.2) is 18.3 Å². The Balaban J connectivity index is 2.41. The van der Waals surface area contributed by atoms with Gasteiger partial charge in [0.15, 0.2) is 9.84 Å². The van der Waals surface area contributed by atoms with Crippen LogP contribution in [0.2, 0.25) is 0 Å². The first-order valence-electron chi connectivity index (χ1n) is 6.25. The third-order valence-corrected chi connectivity index (χ3v) is 4.33. The maximum absolute atomic E-state index is 12.3. The number of anilines is 1. The fourth-order valence-corrected chi connectivity index (χ4v) is 1.85. The summed E-state index contributed by atoms with van der Waals surface area (Å²) in [5.74, 6) is -0.414. The summed E-state index contributed by atoms with van der Waals surface area (Å²) >= 11 is 0. The number of halogens is 3. The molecule has 0 bridgehead atoms. The van der Waals surface area contributed by atoms with Crippen molar-refractivity contribution in [3.05, 3.63) is 23.9 Å². The molecule has 1 rings (SSSR count). The minimum atomic E-state index is -4.44. The van der Waals surface area contributed by atoms with Gasteiger partial charge in [-0.3, -0.25) is 4.79 Å². The van der Waals surface area contributed by atoms with Crippen LogP contribution in [0, 0.1) is 0 Å². The molecule has 124 valence electrons. The predicted octanol–water partition coefficient (Wildman–Crippen LogP) is 1.06. The molecule has 1 amide bonds. The first kappa shape index (κ1) is 18.2. The van der Waals surface area contributed by atoms with Crippen molar-refractivity contribution >= 4 is 21.6 Å². The number of alkyl halides is 3. The van der Waals surface area contributed by atoms with Crippen molar-refractivity contribution in [3.8, 4) is 0 Å². The topological polar surface area (TPSA) is 88.2 Å². The first-order valence-corrected chi connectivity index (χ1v) is 8.21. The molecule has 1 atom stereocenters. The van der Waals surface area contributed by atoms with Crippen LogP contribution in [-0.4, -0.2) is 43.9 Å². The van der Waals surface area contributed by atoms with Crippen LogP contribution in [0.25, 0.3) is 0 Å². The lowest BCUT2D eigenvalue weighted by atomic mass is 10.3. The molecule has 10 heteroatoms. The van der Waals surface area contributed by atoms with E-state index in [-0.39, 0.29) is 18.9 Å². The van der Waals surface area contributed by atoms with E-state index in [0.29, 0.717) is 6.20 Å². The standard InChI is InChI=1S/C12H16F3N3O3S/c1-8(22(2,20)21)11(19)17-6-5-16-10-4-3-9(7-18-10)12(13,14)15/h3-4,7-8H,5-6H2,1-2H3,(H,16,18)(H,17,19)/t8-/m1/s1. The molecule has 0 aliphatic rings. The van der Waals surface area contributed by atoms with Gasteiger partial charge in [0, 0.05) is 25.5 Å². The number of carbonyl (C=O) groups is 1. The van der Waals surface area contributed by atoms with E-state index < -0.39 is 32.7 Å². The predicted molar refractivity (Wildman–Crippen MR) is 75.0 cm³/mol. The summed E-state index contributed by atoms with van der Waals surface area (Å²) in [4.78, 5) is 15.1. The molecule has 0 aromatic carbocycles. The Kier molecular flexibility index (Phi) is 5.75. The number of nitrogens with one attached hydrogen (secondary N) is 2. The first-order chi connectivity index (χ1) is 10.0. The number of carbonyl (C=O) groups excluding carboxylic acids is 1. The van der Waals surface area contributed by atoms with Crippen LogP contribution >= 0.6 is 0 Å². The Bertz CT molecular complexity index is 615. The average molecular weight is 339 g/mol. The van der Waals surface area contributed by atoms with Gasteiger partial charge in [-0.05, 0) is 19.1 Å². The van der Waals surface area contributed by atoms with Crippen LogP contribution in [-0.2, 0) is 20.8 Å². The fourth-order valence-electron chi connectivity index (χ4n) is 1.38. The lowest BCUT2D eigenvalue weighted by Gasteiger charge is -2.11. The van der Waals surface area contributed by atoms with Gasteiger partial charge >= 0.3 is 6.18 Å². The molecule has 0 aliphatic carbocycles. The van der Waals surface area contributed by atoms with Gasteiger partial charge in [0.2, 0.25) is 5.91 Å². The second-order valence-electron chi connectivity index (χ2n) is 4.62. The van der Waals surface area contributed by atoms with Gasteiger partial charge in [-0.15, -0.1) is 0 Å². The van der Waals surface area contributed by atoms with Crippen molar-refractivity contribution < 1.29 is 26.4 Å². The minimum absolute atomic E-state index is 0.112. The van der Waals surface area contributed by atoms with Crippen LogP contribution in [0.3, 0.4) is 0 Å². The molecule has 1 aromatic rings. The Morgan fingerprint density at radius 1 is 1.32 bits per heavy atom. The van der Waals surface area contributed by atoms with E-state index in [1.807, 2.05) is 0 Å². The molecule has 0 unspecified atom stereocenters. The smallest absolute Gasteiger partial charge is 0.368 e. The molecule has 0 saturated heterocycles. The summed E-state index contributed by atoms with van der Waals surface area (Å²) in [5.41, 5.74) is -0.853. The number of hydrogen-bond donors (Lipinski definition) is 2. The summed E-state index contributed by atoms with van der Waals surface area (Å²) in [6, 6.07) is 2.06. The third-order valence-electron chi connectivity index (χ3n) is 2.83. The summed E-state index contributed by atoms with van der Waals surface area (Å²) < 4.78 is 59.3. The largest absolute Gasteiger partial charge is 0.417 e. The number of aromatic nitrogens is 1. The molecule has 0 saturated carbocycles. The maximum Gasteiger partial charge on any atom is 0.417 e. The second-order valence-corrected chi connectivity index (χ2v) is 6.99. The molecule has 22 heavy (non-hydrogen) atoms. The van der Waals surface area contributed by atoms with Crippen molar-refractivity contribution in [3.63, 3.8) is 0 Å². The van der Waals surface area contributed by atoms with Gasteiger partial charge in [0.05, 0.1) is 5.56 Å². The van der Waals surface area contributed by atoms with E-state index in [1.165, 1.54) is 13.0 Å². The van der Waals surface area contributed by atoms with Gasteiger partial charge in [-0.1, -0.05) is 0 Å². The zero-order chi connectivity index (χ0) is 17.0. The molecule has 0 aliphatic heterocycles. The molecule has 0 radical (unpaired) electrons. The van der Waals surface area contributed by atoms with Crippen LogP contribution in [0.5, 0.6) is 0 Å². The SMILES string of the molecule is C[C@H](C(=O)NCCNc1ccc(C(F)(F)F)cn1)S(C)(=O)=O. The van der Waals surface area contributed by atoms with Gasteiger partial charge in [-0.25, -0.2) is 13.4 Å². The number of sulfone groups is 1. The lowest BCUT2D eigenvalue weighted by Crippen LogP contribution is -2.39. The maximum atomic E-state index is 12.3. The van der Waals surface area contributed by atoms with E-state index in [2.05, 4.69) is 15.6 Å². The fraction of sp³-hybridized carbons (Fsp3) is 0.500.